The molecule has 0 unspecified atom stereocenters. The van der Waals surface area contributed by atoms with Crippen molar-refractivity contribution in [2.45, 2.75) is 19.4 Å². The van der Waals surface area contributed by atoms with Crippen LogP contribution in [0.15, 0.2) is 91.1 Å². The number of nitrogens with two attached hydrogens (primary N) is 1. The molecule has 2 heterocycles. The van der Waals surface area contributed by atoms with E-state index in [1.165, 1.54) is 29.2 Å². The lowest BCUT2D eigenvalue weighted by atomic mass is 10.0. The molecule has 3 aromatic carbocycles. The summed E-state index contributed by atoms with van der Waals surface area (Å²) in [6.07, 6.45) is 2.28. The molecule has 0 radical (unpaired) electrons. The Hall–Kier alpha value is -5.71. The van der Waals surface area contributed by atoms with Crippen LogP contribution in [-0.4, -0.2) is 34.8 Å². The number of H-pyrrole nitrogens is 1. The van der Waals surface area contributed by atoms with Crippen molar-refractivity contribution in [2.24, 2.45) is 11.1 Å². The number of hydrogen-bond acceptors (Lipinski definition) is 6. The van der Waals surface area contributed by atoms with E-state index in [4.69, 9.17) is 15.2 Å². The summed E-state index contributed by atoms with van der Waals surface area (Å²) < 4.78 is 25.2. The van der Waals surface area contributed by atoms with E-state index in [0.717, 1.165) is 5.56 Å². The number of anilines is 2. The lowest BCUT2D eigenvalue weighted by Gasteiger charge is -2.26. The number of benzene rings is 3. The van der Waals surface area contributed by atoms with Gasteiger partial charge in [-0.3, -0.25) is 19.3 Å². The van der Waals surface area contributed by atoms with Gasteiger partial charge in [-0.25, -0.2) is 9.37 Å². The van der Waals surface area contributed by atoms with Gasteiger partial charge in [-0.2, -0.15) is 0 Å². The molecule has 44 heavy (non-hydrogen) atoms. The molecule has 0 saturated heterocycles. The van der Waals surface area contributed by atoms with Crippen molar-refractivity contribution in [3.63, 3.8) is 0 Å². The van der Waals surface area contributed by atoms with Crippen molar-refractivity contribution in [2.75, 3.05) is 12.0 Å². The number of carbonyl (C=O) groups is 3. The van der Waals surface area contributed by atoms with Crippen molar-refractivity contribution in [3.05, 3.63) is 108 Å². The highest BCUT2D eigenvalue weighted by Crippen LogP contribution is 2.49. The molecule has 0 spiro atoms. The first-order valence-electron chi connectivity index (χ1n) is 13.8. The average Bonchev–Trinajstić information content (AvgIpc) is 3.74. The fraction of sp³-hybridized carbons (Fsp3) is 0.152. The Morgan fingerprint density at radius 3 is 2.32 bits per heavy atom. The van der Waals surface area contributed by atoms with E-state index >= 15 is 0 Å². The number of rotatable bonds is 10. The highest BCUT2D eigenvalue weighted by atomic mass is 19.1. The maximum Gasteiger partial charge on any atom is 0.268 e. The molecule has 0 atom stereocenters. The number of primary amides is 1. The molecule has 10 nitrogen and oxygen atoms in total. The van der Waals surface area contributed by atoms with E-state index in [9.17, 15) is 18.8 Å². The van der Waals surface area contributed by atoms with E-state index in [0.29, 0.717) is 58.2 Å². The summed E-state index contributed by atoms with van der Waals surface area (Å²) in [5.41, 5.74) is 6.77. The maximum atomic E-state index is 13.7. The predicted molar refractivity (Wildman–Crippen MR) is 161 cm³/mol. The number of aromatic nitrogens is 2. The zero-order chi connectivity index (χ0) is 30.8. The number of nitrogens with zero attached hydrogens (tertiary/aromatic N) is 2. The minimum absolute atomic E-state index is 0.277. The van der Waals surface area contributed by atoms with Crippen molar-refractivity contribution in [1.29, 1.82) is 0 Å². The second-order valence-corrected chi connectivity index (χ2v) is 10.4. The molecule has 6 rings (SSSR count). The summed E-state index contributed by atoms with van der Waals surface area (Å²) in [4.78, 5) is 47.3. The average molecular weight is 594 g/mol. The van der Waals surface area contributed by atoms with Gasteiger partial charge < -0.3 is 25.5 Å². The van der Waals surface area contributed by atoms with Gasteiger partial charge in [-0.1, -0.05) is 18.2 Å². The number of ether oxygens (including phenoxy) is 2. The quantitative estimate of drug-likeness (QED) is 0.186. The zero-order valence-corrected chi connectivity index (χ0v) is 23.7. The molecular weight excluding hydrogens is 565 g/mol. The van der Waals surface area contributed by atoms with Crippen LogP contribution in [0.2, 0.25) is 0 Å². The Balaban J connectivity index is 1.22. The topological polar surface area (TPSA) is 140 Å². The largest absolute Gasteiger partial charge is 0.496 e. The van der Waals surface area contributed by atoms with Crippen LogP contribution in [0.1, 0.15) is 28.9 Å². The van der Waals surface area contributed by atoms with Crippen molar-refractivity contribution in [1.82, 2.24) is 15.3 Å². The molecule has 1 saturated carbocycles. The van der Waals surface area contributed by atoms with Gasteiger partial charge in [0, 0.05) is 29.7 Å². The fourth-order valence-electron chi connectivity index (χ4n) is 5.00. The number of fused-ring (bicyclic) bond motifs is 1. The Labute approximate surface area is 251 Å². The van der Waals surface area contributed by atoms with Crippen LogP contribution in [-0.2, 0) is 16.1 Å². The number of hydrogen-bond donors (Lipinski definition) is 3. The summed E-state index contributed by atoms with van der Waals surface area (Å²) in [6, 6.07) is 22.9. The van der Waals surface area contributed by atoms with E-state index in [-0.39, 0.29) is 12.5 Å². The number of para-hydroxylation sites is 1. The highest BCUT2D eigenvalue weighted by Gasteiger charge is 2.57. The number of nitrogens with one attached hydrogen (secondary N) is 2. The van der Waals surface area contributed by atoms with Gasteiger partial charge in [0.2, 0.25) is 11.8 Å². The normalized spacial score (nSPS) is 13.2. The summed E-state index contributed by atoms with van der Waals surface area (Å²) >= 11 is 0. The fourth-order valence-corrected chi connectivity index (χ4v) is 5.00. The highest BCUT2D eigenvalue weighted by molar-refractivity contribution is 6.16. The Kier molecular flexibility index (Phi) is 7.44. The van der Waals surface area contributed by atoms with Crippen LogP contribution in [0.25, 0.3) is 11.0 Å². The minimum Gasteiger partial charge on any atom is -0.496 e. The molecule has 1 fully saturated rings. The third kappa shape index (κ3) is 5.42. The van der Waals surface area contributed by atoms with Crippen LogP contribution in [0, 0.1) is 11.2 Å². The molecule has 1 aliphatic rings. The van der Waals surface area contributed by atoms with Crippen LogP contribution < -0.4 is 25.4 Å². The van der Waals surface area contributed by atoms with Gasteiger partial charge in [0.15, 0.2) is 0 Å². The van der Waals surface area contributed by atoms with Crippen LogP contribution >= 0.6 is 0 Å². The first-order valence-corrected chi connectivity index (χ1v) is 13.8. The van der Waals surface area contributed by atoms with Gasteiger partial charge in [0.25, 0.3) is 5.91 Å². The summed E-state index contributed by atoms with van der Waals surface area (Å²) in [7, 11) is 1.58. The molecule has 0 aliphatic heterocycles. The second kappa shape index (κ2) is 11.5. The third-order valence-electron chi connectivity index (χ3n) is 7.61. The van der Waals surface area contributed by atoms with Crippen LogP contribution in [0.4, 0.5) is 15.8 Å². The molecule has 2 aromatic heterocycles. The molecule has 0 bridgehead atoms. The van der Waals surface area contributed by atoms with Crippen molar-refractivity contribution < 1.29 is 28.2 Å². The van der Waals surface area contributed by atoms with Gasteiger partial charge in [-0.15, -0.1) is 0 Å². The van der Waals surface area contributed by atoms with Crippen molar-refractivity contribution in [3.8, 4) is 17.2 Å². The van der Waals surface area contributed by atoms with Crippen molar-refractivity contribution >= 4 is 40.1 Å². The number of carbonyl (C=O) groups excluding carboxylic acids is 3. The Morgan fingerprint density at radius 2 is 1.66 bits per heavy atom. The van der Waals surface area contributed by atoms with Gasteiger partial charge >= 0.3 is 0 Å². The van der Waals surface area contributed by atoms with Crippen LogP contribution in [0.5, 0.6) is 17.2 Å². The van der Waals surface area contributed by atoms with Crippen LogP contribution in [0.3, 0.4) is 0 Å². The summed E-state index contributed by atoms with van der Waals surface area (Å²) in [6.45, 7) is 0.277. The van der Waals surface area contributed by atoms with E-state index in [1.54, 1.807) is 49.7 Å². The van der Waals surface area contributed by atoms with E-state index < -0.39 is 23.0 Å². The Morgan fingerprint density at radius 1 is 0.977 bits per heavy atom. The van der Waals surface area contributed by atoms with Gasteiger partial charge in [0.1, 0.15) is 39.8 Å². The lowest BCUT2D eigenvalue weighted by molar-refractivity contribution is -0.133. The number of halogens is 1. The minimum atomic E-state index is -1.28. The molecule has 11 heteroatoms. The first kappa shape index (κ1) is 28.4. The van der Waals surface area contributed by atoms with Gasteiger partial charge in [0.05, 0.1) is 12.5 Å². The maximum absolute atomic E-state index is 13.7. The molecule has 3 amide bonds. The zero-order valence-electron chi connectivity index (χ0n) is 23.7. The molecule has 4 N–H and O–H groups in total. The predicted octanol–water partition coefficient (Wildman–Crippen LogP) is 5.36. The standard InChI is InChI=1S/C33H28FN5O5/c1-43-27-5-3-2-4-20(27)19-37-30(40)26-18-25-28(14-17-36-29(25)38-26)44-24-12-10-23(11-13-24)39(22-8-6-21(34)7-9-22)32(42)33(15-16-33)31(35)41/h2-14,17-18H,15-16,19H2,1H3,(H2,35,41)(H,36,38)(H,37,40). The van der Waals surface area contributed by atoms with E-state index in [1.807, 2.05) is 24.3 Å². The molecular formula is C33H28FN5O5. The number of methoxy groups -OCH3 is 1. The second-order valence-electron chi connectivity index (χ2n) is 10.4. The SMILES string of the molecule is COc1ccccc1CNC(=O)c1cc2c(Oc3ccc(N(C(=O)C4(C(N)=O)CC4)c4ccc(F)cc4)cc3)ccnc2[nH]1. The third-order valence-corrected chi connectivity index (χ3v) is 7.61. The smallest absolute Gasteiger partial charge is 0.268 e. The monoisotopic (exact) mass is 593 g/mol. The molecule has 222 valence electrons. The van der Waals surface area contributed by atoms with E-state index in [2.05, 4.69) is 15.3 Å². The lowest BCUT2D eigenvalue weighted by Crippen LogP contribution is -2.41. The summed E-state index contributed by atoms with van der Waals surface area (Å²) in [5, 5.41) is 3.48. The Bertz CT molecular complexity index is 1870. The molecule has 1 aliphatic carbocycles. The number of aromatic amines is 1. The summed E-state index contributed by atoms with van der Waals surface area (Å²) in [5.74, 6) is -0.337. The number of amides is 3. The number of pyridine rings is 1. The molecule has 5 aromatic rings. The first-order chi connectivity index (χ1) is 21.3. The van der Waals surface area contributed by atoms with Gasteiger partial charge in [-0.05, 0) is 79.6 Å².